The van der Waals surface area contributed by atoms with Crippen LogP contribution in [0.15, 0.2) is 72.9 Å². The maximum atomic E-state index is 14.5. The third-order valence-corrected chi connectivity index (χ3v) is 5.37. The molecule has 4 rings (SSSR count). The molecule has 0 amide bonds. The van der Waals surface area contributed by atoms with Gasteiger partial charge in [-0.05, 0) is 52.6 Å². The zero-order valence-corrected chi connectivity index (χ0v) is 17.7. The lowest BCUT2D eigenvalue weighted by atomic mass is 9.88. The van der Waals surface area contributed by atoms with Gasteiger partial charge in [-0.1, -0.05) is 48.0 Å². The Morgan fingerprint density at radius 2 is 1.76 bits per heavy atom. The average Bonchev–Trinajstić information content (AvgIpc) is 3.25. The Morgan fingerprint density at radius 1 is 1.03 bits per heavy atom. The van der Waals surface area contributed by atoms with E-state index in [1.807, 2.05) is 0 Å². The number of aromatic amines is 1. The number of aliphatic carboxylic acids is 1. The molecule has 1 aromatic heterocycles. The maximum absolute atomic E-state index is 14.5. The number of allylic oxidation sites excluding steroid dienone is 1. The van der Waals surface area contributed by atoms with Crippen LogP contribution < -0.4 is 0 Å². The number of hydrogen-bond donors (Lipinski definition) is 2. The molecule has 0 unspecified atom stereocenters. The highest BCUT2D eigenvalue weighted by molar-refractivity contribution is 6.32. The molecule has 0 radical (unpaired) electrons. The maximum Gasteiger partial charge on any atom is 0.328 e. The Morgan fingerprint density at radius 3 is 2.42 bits per heavy atom. The van der Waals surface area contributed by atoms with Gasteiger partial charge in [0, 0.05) is 22.6 Å². The number of hydrogen-bond acceptors (Lipinski definition) is 2. The van der Waals surface area contributed by atoms with Crippen LogP contribution >= 0.6 is 11.6 Å². The SMILES string of the molecule is O=C(O)C=Cc1ccc(C(=C(c2ccc(F)cc2Cl)C(F)F)c2ccc3[nH]ncc3c2)cc1. The van der Waals surface area contributed by atoms with E-state index in [9.17, 15) is 18.0 Å². The molecular weight excluding hydrogens is 453 g/mol. The molecule has 8 heteroatoms. The summed E-state index contributed by atoms with van der Waals surface area (Å²) in [7, 11) is 0. The van der Waals surface area contributed by atoms with Crippen molar-refractivity contribution in [3.05, 3.63) is 106 Å². The van der Waals surface area contributed by atoms with Gasteiger partial charge in [-0.25, -0.2) is 18.0 Å². The predicted molar refractivity (Wildman–Crippen MR) is 123 cm³/mol. The van der Waals surface area contributed by atoms with E-state index in [0.29, 0.717) is 16.7 Å². The molecule has 4 aromatic rings. The van der Waals surface area contributed by atoms with E-state index in [2.05, 4.69) is 10.2 Å². The number of carboxylic acid groups (broad SMARTS) is 1. The van der Waals surface area contributed by atoms with Crippen LogP contribution in [-0.4, -0.2) is 27.7 Å². The van der Waals surface area contributed by atoms with Crippen molar-refractivity contribution in [1.82, 2.24) is 10.2 Å². The molecule has 0 aliphatic heterocycles. The molecule has 0 aliphatic carbocycles. The van der Waals surface area contributed by atoms with E-state index in [1.165, 1.54) is 12.1 Å². The molecule has 0 saturated heterocycles. The fraction of sp³-hybridized carbons (Fsp3) is 0.0400. The molecule has 0 spiro atoms. The highest BCUT2D eigenvalue weighted by atomic mass is 35.5. The standard InChI is InChI=1S/C25H16ClF3N2O2/c26-20-12-18(27)7-8-19(20)24(25(28)29)23(16-6-9-21-17(11-16)13-30-31-21)15-4-1-14(2-5-15)3-10-22(32)33/h1-13,25H,(H,30,31)(H,32,33). The van der Waals surface area contributed by atoms with Crippen molar-refractivity contribution in [3.8, 4) is 0 Å². The van der Waals surface area contributed by atoms with Crippen molar-refractivity contribution >= 4 is 45.7 Å². The van der Waals surface area contributed by atoms with Gasteiger partial charge in [-0.15, -0.1) is 0 Å². The lowest BCUT2D eigenvalue weighted by Crippen LogP contribution is -2.04. The molecule has 3 aromatic carbocycles. The Balaban J connectivity index is 1.97. The Bertz CT molecular complexity index is 1390. The van der Waals surface area contributed by atoms with E-state index in [4.69, 9.17) is 16.7 Å². The van der Waals surface area contributed by atoms with Gasteiger partial charge in [0.25, 0.3) is 6.43 Å². The number of nitrogens with one attached hydrogen (secondary N) is 1. The van der Waals surface area contributed by atoms with Crippen LogP contribution in [0.1, 0.15) is 22.3 Å². The minimum atomic E-state index is -2.92. The number of carboxylic acids is 1. The third kappa shape index (κ3) is 4.83. The molecule has 0 fully saturated rings. The summed E-state index contributed by atoms with van der Waals surface area (Å²) in [4.78, 5) is 10.8. The smallest absolute Gasteiger partial charge is 0.328 e. The lowest BCUT2D eigenvalue weighted by molar-refractivity contribution is -0.131. The number of aromatic nitrogens is 2. The van der Waals surface area contributed by atoms with Gasteiger partial charge >= 0.3 is 5.97 Å². The second-order valence-corrected chi connectivity index (χ2v) is 7.59. The zero-order valence-electron chi connectivity index (χ0n) is 16.9. The predicted octanol–water partition coefficient (Wildman–Crippen LogP) is 6.68. The van der Waals surface area contributed by atoms with Crippen LogP contribution in [0, 0.1) is 5.82 Å². The minimum absolute atomic E-state index is 0.0187. The van der Waals surface area contributed by atoms with Gasteiger partial charge in [-0.2, -0.15) is 5.10 Å². The fourth-order valence-electron chi connectivity index (χ4n) is 3.57. The van der Waals surface area contributed by atoms with Crippen molar-refractivity contribution in [2.75, 3.05) is 0 Å². The quantitative estimate of drug-likeness (QED) is 0.245. The second kappa shape index (κ2) is 9.34. The van der Waals surface area contributed by atoms with Gasteiger partial charge in [0.15, 0.2) is 0 Å². The highest BCUT2D eigenvalue weighted by Crippen LogP contribution is 2.39. The summed E-state index contributed by atoms with van der Waals surface area (Å²) >= 11 is 6.17. The lowest BCUT2D eigenvalue weighted by Gasteiger charge is -2.18. The summed E-state index contributed by atoms with van der Waals surface area (Å²) in [5.74, 6) is -1.73. The van der Waals surface area contributed by atoms with Crippen molar-refractivity contribution in [3.63, 3.8) is 0 Å². The molecule has 0 saturated carbocycles. The third-order valence-electron chi connectivity index (χ3n) is 5.06. The number of fused-ring (bicyclic) bond motifs is 1. The summed E-state index contributed by atoms with van der Waals surface area (Å²) in [5, 5.41) is 16.2. The summed E-state index contributed by atoms with van der Waals surface area (Å²) in [6.45, 7) is 0. The first-order chi connectivity index (χ1) is 15.8. The number of carbonyl (C=O) groups is 1. The van der Waals surface area contributed by atoms with Gasteiger partial charge in [0.2, 0.25) is 0 Å². The zero-order chi connectivity index (χ0) is 23.5. The Labute approximate surface area is 191 Å². The van der Waals surface area contributed by atoms with Crippen molar-refractivity contribution in [2.24, 2.45) is 0 Å². The largest absolute Gasteiger partial charge is 0.478 e. The first kappa shape index (κ1) is 22.4. The molecule has 1 heterocycles. The number of benzene rings is 3. The summed E-state index contributed by atoms with van der Waals surface area (Å²) in [6.07, 6.45) is 1.05. The summed E-state index contributed by atoms with van der Waals surface area (Å²) < 4.78 is 42.7. The number of halogens is 4. The molecule has 4 nitrogen and oxygen atoms in total. The fourth-order valence-corrected chi connectivity index (χ4v) is 3.84. The first-order valence-electron chi connectivity index (χ1n) is 9.76. The van der Waals surface area contributed by atoms with E-state index in [0.717, 1.165) is 29.1 Å². The van der Waals surface area contributed by atoms with E-state index < -0.39 is 18.2 Å². The topological polar surface area (TPSA) is 66.0 Å². The van der Waals surface area contributed by atoms with E-state index >= 15 is 0 Å². The second-order valence-electron chi connectivity index (χ2n) is 7.18. The van der Waals surface area contributed by atoms with Crippen molar-refractivity contribution < 1.29 is 23.1 Å². The van der Waals surface area contributed by atoms with Crippen LogP contribution in [0.3, 0.4) is 0 Å². The molecule has 2 N–H and O–H groups in total. The number of rotatable bonds is 6. The number of alkyl halides is 2. The number of H-pyrrole nitrogens is 1. The van der Waals surface area contributed by atoms with Crippen molar-refractivity contribution in [1.29, 1.82) is 0 Å². The monoisotopic (exact) mass is 468 g/mol. The van der Waals surface area contributed by atoms with Gasteiger partial charge in [0.1, 0.15) is 5.82 Å². The molecule has 33 heavy (non-hydrogen) atoms. The summed E-state index contributed by atoms with van der Waals surface area (Å²) in [6, 6.07) is 15.0. The molecule has 166 valence electrons. The first-order valence-corrected chi connectivity index (χ1v) is 10.1. The molecular formula is C25H16ClF3N2O2. The molecule has 0 bridgehead atoms. The summed E-state index contributed by atoms with van der Waals surface area (Å²) in [5.41, 5.74) is 2.17. The van der Waals surface area contributed by atoms with E-state index in [-0.39, 0.29) is 21.7 Å². The van der Waals surface area contributed by atoms with Gasteiger partial charge in [0.05, 0.1) is 16.7 Å². The van der Waals surface area contributed by atoms with Gasteiger partial charge in [-0.3, -0.25) is 5.10 Å². The van der Waals surface area contributed by atoms with Gasteiger partial charge < -0.3 is 5.11 Å². The normalized spacial score (nSPS) is 12.5. The van der Waals surface area contributed by atoms with Crippen LogP contribution in [0.2, 0.25) is 5.02 Å². The number of nitrogens with zero attached hydrogens (tertiary/aromatic N) is 1. The molecule has 0 atom stereocenters. The highest BCUT2D eigenvalue weighted by Gasteiger charge is 2.24. The van der Waals surface area contributed by atoms with Crippen LogP contribution in [0.25, 0.3) is 28.1 Å². The molecule has 0 aliphatic rings. The van der Waals surface area contributed by atoms with Crippen LogP contribution in [0.4, 0.5) is 13.2 Å². The Kier molecular flexibility index (Phi) is 6.33. The average molecular weight is 469 g/mol. The van der Waals surface area contributed by atoms with Crippen LogP contribution in [0.5, 0.6) is 0 Å². The van der Waals surface area contributed by atoms with Crippen LogP contribution in [-0.2, 0) is 4.79 Å². The van der Waals surface area contributed by atoms with Crippen molar-refractivity contribution in [2.45, 2.75) is 6.43 Å². The Hall–Kier alpha value is -3.84. The van der Waals surface area contributed by atoms with E-state index in [1.54, 1.807) is 48.7 Å². The minimum Gasteiger partial charge on any atom is -0.478 e.